The van der Waals surface area contributed by atoms with Gasteiger partial charge in [0.25, 0.3) is 0 Å². The number of nitrogen functional groups attached to an aromatic ring is 1. The molecule has 0 bridgehead atoms. The summed E-state index contributed by atoms with van der Waals surface area (Å²) in [6, 6.07) is 0. The van der Waals surface area contributed by atoms with Crippen molar-refractivity contribution < 1.29 is 0 Å². The minimum Gasteiger partial charge on any atom is -0.353 e. The van der Waals surface area contributed by atoms with Crippen LogP contribution in [0.1, 0.15) is 6.92 Å². The van der Waals surface area contributed by atoms with Crippen LogP contribution in [0.3, 0.4) is 0 Å². The number of nitrogens with two attached hydrogens (primary N) is 1. The van der Waals surface area contributed by atoms with Gasteiger partial charge in [-0.15, -0.1) is 0 Å². The Hall–Kier alpha value is -0.720. The highest BCUT2D eigenvalue weighted by Crippen LogP contribution is 2.28. The van der Waals surface area contributed by atoms with Crippen molar-refractivity contribution in [2.75, 3.05) is 29.2 Å². The lowest BCUT2D eigenvalue weighted by atomic mass is 10.3. The molecular weight excluding hydrogens is 246 g/mol. The van der Waals surface area contributed by atoms with Gasteiger partial charge in [-0.3, -0.25) is 5.43 Å². The Balaban J connectivity index is 2.24. The Labute approximate surface area is 104 Å². The lowest BCUT2D eigenvalue weighted by molar-refractivity contribution is 0.768. The summed E-state index contributed by atoms with van der Waals surface area (Å²) in [5, 5.41) is 1.16. The number of aromatic nitrogens is 2. The molecule has 0 spiro atoms. The van der Waals surface area contributed by atoms with Gasteiger partial charge in [-0.2, -0.15) is 16.7 Å². The number of rotatable bonds is 2. The first-order valence-electron chi connectivity index (χ1n) is 5.06. The number of anilines is 2. The van der Waals surface area contributed by atoms with Crippen molar-refractivity contribution >= 4 is 35.1 Å². The lowest BCUT2D eigenvalue weighted by Gasteiger charge is -2.31. The van der Waals surface area contributed by atoms with Crippen LogP contribution in [0, 0.1) is 0 Å². The summed E-state index contributed by atoms with van der Waals surface area (Å²) in [5.41, 5.74) is 2.43. The molecule has 0 saturated carbocycles. The van der Waals surface area contributed by atoms with Crippen LogP contribution in [0.25, 0.3) is 0 Å². The van der Waals surface area contributed by atoms with E-state index in [4.69, 9.17) is 17.4 Å². The summed E-state index contributed by atoms with van der Waals surface area (Å²) < 4.78 is 0. The van der Waals surface area contributed by atoms with E-state index in [0.29, 0.717) is 16.2 Å². The second-order valence-electron chi connectivity index (χ2n) is 3.64. The Morgan fingerprint density at radius 1 is 1.69 bits per heavy atom. The minimum atomic E-state index is 0.394. The molecule has 88 valence electrons. The molecule has 0 aromatic carbocycles. The van der Waals surface area contributed by atoms with Gasteiger partial charge in [0.1, 0.15) is 5.02 Å². The van der Waals surface area contributed by atoms with Gasteiger partial charge in [0.15, 0.2) is 5.82 Å². The van der Waals surface area contributed by atoms with E-state index in [9.17, 15) is 0 Å². The van der Waals surface area contributed by atoms with Crippen LogP contribution in [-0.4, -0.2) is 34.1 Å². The maximum absolute atomic E-state index is 6.09. The standard InChI is InChI=1S/C9H14ClN5S/c1-6-5-15(2-3-16-6)8-7(10)4-12-9(13-8)14-11/h4,6H,2-3,5,11H2,1H3,(H,12,13,14). The molecule has 1 aliphatic rings. The molecule has 1 unspecified atom stereocenters. The maximum Gasteiger partial charge on any atom is 0.239 e. The van der Waals surface area contributed by atoms with Gasteiger partial charge < -0.3 is 4.90 Å². The molecule has 0 aliphatic carbocycles. The van der Waals surface area contributed by atoms with Crippen molar-refractivity contribution in [3.8, 4) is 0 Å². The number of hydrogen-bond acceptors (Lipinski definition) is 6. The maximum atomic E-state index is 6.09. The quantitative estimate of drug-likeness (QED) is 0.618. The average molecular weight is 260 g/mol. The number of halogens is 1. The molecule has 16 heavy (non-hydrogen) atoms. The van der Waals surface area contributed by atoms with E-state index >= 15 is 0 Å². The first kappa shape index (κ1) is 11.8. The second kappa shape index (κ2) is 5.07. The summed E-state index contributed by atoms with van der Waals surface area (Å²) in [5.74, 6) is 7.53. The van der Waals surface area contributed by atoms with E-state index < -0.39 is 0 Å². The van der Waals surface area contributed by atoms with Crippen LogP contribution in [0.5, 0.6) is 0 Å². The van der Waals surface area contributed by atoms with Crippen molar-refractivity contribution in [1.82, 2.24) is 9.97 Å². The van der Waals surface area contributed by atoms with Gasteiger partial charge in [0.2, 0.25) is 5.95 Å². The van der Waals surface area contributed by atoms with Crippen molar-refractivity contribution in [3.05, 3.63) is 11.2 Å². The van der Waals surface area contributed by atoms with Gasteiger partial charge >= 0.3 is 0 Å². The molecule has 1 saturated heterocycles. The van der Waals surface area contributed by atoms with Crippen molar-refractivity contribution in [3.63, 3.8) is 0 Å². The Morgan fingerprint density at radius 2 is 2.50 bits per heavy atom. The fourth-order valence-corrected chi connectivity index (χ4v) is 2.88. The van der Waals surface area contributed by atoms with Gasteiger partial charge in [0, 0.05) is 24.1 Å². The third-order valence-electron chi connectivity index (χ3n) is 2.40. The van der Waals surface area contributed by atoms with Crippen LogP contribution in [0.15, 0.2) is 6.20 Å². The SMILES string of the molecule is CC1CN(c2nc(NN)ncc2Cl)CCS1. The normalized spacial score (nSPS) is 20.9. The molecule has 1 aromatic heterocycles. The molecule has 1 aliphatic heterocycles. The fraction of sp³-hybridized carbons (Fsp3) is 0.556. The lowest BCUT2D eigenvalue weighted by Crippen LogP contribution is -2.37. The largest absolute Gasteiger partial charge is 0.353 e. The molecule has 1 fully saturated rings. The van der Waals surface area contributed by atoms with E-state index in [1.807, 2.05) is 11.8 Å². The third kappa shape index (κ3) is 2.50. The zero-order valence-electron chi connectivity index (χ0n) is 8.98. The number of hydrazine groups is 1. The molecule has 7 heteroatoms. The highest BCUT2D eigenvalue weighted by Gasteiger charge is 2.20. The van der Waals surface area contributed by atoms with E-state index in [2.05, 4.69) is 27.2 Å². The summed E-state index contributed by atoms with van der Waals surface area (Å²) in [4.78, 5) is 10.4. The molecule has 0 amide bonds. The summed E-state index contributed by atoms with van der Waals surface area (Å²) >= 11 is 8.06. The first-order chi connectivity index (χ1) is 7.70. The zero-order chi connectivity index (χ0) is 11.5. The highest BCUT2D eigenvalue weighted by atomic mass is 35.5. The van der Waals surface area contributed by atoms with Gasteiger partial charge in [-0.1, -0.05) is 18.5 Å². The molecule has 1 aromatic rings. The molecule has 2 heterocycles. The van der Waals surface area contributed by atoms with E-state index in [1.54, 1.807) is 6.20 Å². The van der Waals surface area contributed by atoms with Crippen LogP contribution in [0.4, 0.5) is 11.8 Å². The molecular formula is C9H14ClN5S. The first-order valence-corrected chi connectivity index (χ1v) is 6.49. The minimum absolute atomic E-state index is 0.394. The molecule has 0 radical (unpaired) electrons. The van der Waals surface area contributed by atoms with Gasteiger partial charge in [-0.05, 0) is 0 Å². The van der Waals surface area contributed by atoms with E-state index in [-0.39, 0.29) is 0 Å². The molecule has 2 rings (SSSR count). The molecule has 3 N–H and O–H groups in total. The Bertz CT molecular complexity index is 375. The molecule has 1 atom stereocenters. The average Bonchev–Trinajstić information content (AvgIpc) is 2.30. The van der Waals surface area contributed by atoms with Crippen LogP contribution in [0.2, 0.25) is 5.02 Å². The van der Waals surface area contributed by atoms with Crippen LogP contribution >= 0.6 is 23.4 Å². The topological polar surface area (TPSA) is 67.1 Å². The smallest absolute Gasteiger partial charge is 0.239 e. The van der Waals surface area contributed by atoms with Gasteiger partial charge in [0.05, 0.1) is 6.20 Å². The number of hydrogen-bond donors (Lipinski definition) is 2. The second-order valence-corrected chi connectivity index (χ2v) is 5.59. The van der Waals surface area contributed by atoms with Crippen molar-refractivity contribution in [2.45, 2.75) is 12.2 Å². The van der Waals surface area contributed by atoms with E-state index in [1.165, 1.54) is 0 Å². The number of thioether (sulfide) groups is 1. The van der Waals surface area contributed by atoms with Crippen molar-refractivity contribution in [2.24, 2.45) is 5.84 Å². The monoisotopic (exact) mass is 259 g/mol. The zero-order valence-corrected chi connectivity index (χ0v) is 10.6. The van der Waals surface area contributed by atoms with Gasteiger partial charge in [-0.25, -0.2) is 10.8 Å². The third-order valence-corrected chi connectivity index (χ3v) is 3.80. The number of nitrogens with zero attached hydrogens (tertiary/aromatic N) is 3. The predicted molar refractivity (Wildman–Crippen MR) is 69.0 cm³/mol. The number of nitrogens with one attached hydrogen (secondary N) is 1. The summed E-state index contributed by atoms with van der Waals surface area (Å²) in [6.07, 6.45) is 1.57. The predicted octanol–water partition coefficient (Wildman–Crippen LogP) is 1.36. The Morgan fingerprint density at radius 3 is 3.19 bits per heavy atom. The van der Waals surface area contributed by atoms with Crippen LogP contribution < -0.4 is 16.2 Å². The van der Waals surface area contributed by atoms with Crippen LogP contribution in [-0.2, 0) is 0 Å². The van der Waals surface area contributed by atoms with E-state index in [0.717, 1.165) is 24.7 Å². The Kier molecular flexibility index (Phi) is 3.73. The molecule has 5 nitrogen and oxygen atoms in total. The fourth-order valence-electron chi connectivity index (χ4n) is 1.66. The summed E-state index contributed by atoms with van der Waals surface area (Å²) in [6.45, 7) is 4.11. The van der Waals surface area contributed by atoms with Crippen molar-refractivity contribution in [1.29, 1.82) is 0 Å². The highest BCUT2D eigenvalue weighted by molar-refractivity contribution is 8.00. The summed E-state index contributed by atoms with van der Waals surface area (Å²) in [7, 11) is 0.